The van der Waals surface area contributed by atoms with E-state index < -0.39 is 5.56 Å². The third kappa shape index (κ3) is 4.74. The predicted molar refractivity (Wildman–Crippen MR) is 159 cm³/mol. The Balaban J connectivity index is 1.35. The molecule has 3 aromatic heterocycles. The number of benzene rings is 3. The first-order chi connectivity index (χ1) is 19.9. The molecule has 0 saturated carbocycles. The number of ether oxygens (including phenoxy) is 1. The zero-order chi connectivity index (χ0) is 28.1. The monoisotopic (exact) mass is 559 g/mol. The molecular weight excluding hydrogens is 534 g/mol. The van der Waals surface area contributed by atoms with E-state index in [4.69, 9.17) is 9.84 Å². The van der Waals surface area contributed by atoms with Gasteiger partial charge in [0.15, 0.2) is 0 Å². The zero-order valence-electron chi connectivity index (χ0n) is 22.4. The molecule has 0 spiro atoms. The summed E-state index contributed by atoms with van der Waals surface area (Å²) >= 11 is 1.14. The molecule has 41 heavy (non-hydrogen) atoms. The number of hydrogen-bond donors (Lipinski definition) is 0. The molecule has 0 fully saturated rings. The van der Waals surface area contributed by atoms with Crippen molar-refractivity contribution in [1.82, 2.24) is 24.4 Å². The molecule has 0 aliphatic carbocycles. The molecule has 0 amide bonds. The third-order valence-corrected chi connectivity index (χ3v) is 8.12. The SMILES string of the molecule is Cc1ccc(Cc2nn3c(=O)c(=Cc4cn(-c5ccccc5)nc4-c4ccc5c(c4)CC(C)O5)sc3nc2=O)cc1. The Morgan fingerprint density at radius 1 is 1.02 bits per heavy atom. The molecule has 1 unspecified atom stereocenters. The summed E-state index contributed by atoms with van der Waals surface area (Å²) < 4.78 is 9.36. The Bertz CT molecular complexity index is 2100. The van der Waals surface area contributed by atoms with Crippen molar-refractivity contribution in [2.75, 3.05) is 0 Å². The fraction of sp³-hybridized carbons (Fsp3) is 0.156. The standard InChI is InChI=1S/C32H25N5O3S/c1-19-8-10-21(11-9-19)15-26-30(38)33-32-37(34-26)31(39)28(41-32)17-24-18-36(25-6-4-3-5-7-25)35-29(24)22-12-13-27-23(16-22)14-20(2)40-27/h3-13,16-18,20H,14-15H2,1-2H3. The summed E-state index contributed by atoms with van der Waals surface area (Å²) in [5.74, 6) is 0.893. The van der Waals surface area contributed by atoms with Gasteiger partial charge in [-0.25, -0.2) is 4.68 Å². The van der Waals surface area contributed by atoms with Crippen LogP contribution in [0.5, 0.6) is 5.75 Å². The second-order valence-corrected chi connectivity index (χ2v) is 11.3. The zero-order valence-corrected chi connectivity index (χ0v) is 23.3. The van der Waals surface area contributed by atoms with E-state index in [1.807, 2.05) is 90.6 Å². The molecule has 3 aromatic carbocycles. The van der Waals surface area contributed by atoms with Gasteiger partial charge in [0.2, 0.25) is 4.96 Å². The molecule has 0 saturated heterocycles. The summed E-state index contributed by atoms with van der Waals surface area (Å²) in [4.78, 5) is 30.7. The van der Waals surface area contributed by atoms with Crippen LogP contribution < -0.4 is 20.4 Å². The van der Waals surface area contributed by atoms with E-state index in [1.54, 1.807) is 0 Å². The number of fused-ring (bicyclic) bond motifs is 2. The molecule has 0 N–H and O–H groups in total. The van der Waals surface area contributed by atoms with Crippen molar-refractivity contribution >= 4 is 22.4 Å². The van der Waals surface area contributed by atoms with Crippen LogP contribution in [0.2, 0.25) is 0 Å². The highest BCUT2D eigenvalue weighted by Crippen LogP contribution is 2.34. The van der Waals surface area contributed by atoms with Gasteiger partial charge in [-0.2, -0.15) is 19.7 Å². The Labute approximate surface area is 238 Å². The van der Waals surface area contributed by atoms with Crippen LogP contribution in [-0.2, 0) is 12.8 Å². The first-order valence-electron chi connectivity index (χ1n) is 13.4. The van der Waals surface area contributed by atoms with E-state index >= 15 is 0 Å². The van der Waals surface area contributed by atoms with Gasteiger partial charge in [-0.1, -0.05) is 59.4 Å². The minimum atomic E-state index is -0.425. The first kappa shape index (κ1) is 25.1. The summed E-state index contributed by atoms with van der Waals surface area (Å²) in [5.41, 5.74) is 6.03. The number of aromatic nitrogens is 5. The molecule has 1 atom stereocenters. The maximum atomic E-state index is 13.5. The Morgan fingerprint density at radius 2 is 1.83 bits per heavy atom. The van der Waals surface area contributed by atoms with Gasteiger partial charge in [-0.05, 0) is 61.4 Å². The molecular formula is C32H25N5O3S. The van der Waals surface area contributed by atoms with Gasteiger partial charge in [-0.3, -0.25) is 9.59 Å². The van der Waals surface area contributed by atoms with Gasteiger partial charge in [0.25, 0.3) is 11.1 Å². The lowest BCUT2D eigenvalue weighted by Crippen LogP contribution is -2.28. The van der Waals surface area contributed by atoms with Gasteiger partial charge in [0.05, 0.1) is 10.2 Å². The highest BCUT2D eigenvalue weighted by atomic mass is 32.1. The second kappa shape index (κ2) is 9.94. The van der Waals surface area contributed by atoms with Gasteiger partial charge < -0.3 is 4.74 Å². The summed E-state index contributed by atoms with van der Waals surface area (Å²) in [6.45, 7) is 4.06. The molecule has 9 heteroatoms. The molecule has 6 aromatic rings. The predicted octanol–water partition coefficient (Wildman–Crippen LogP) is 4.13. The average Bonchev–Trinajstić information content (AvgIpc) is 3.65. The molecule has 1 aliphatic heterocycles. The molecule has 202 valence electrons. The molecule has 1 aliphatic rings. The smallest absolute Gasteiger partial charge is 0.296 e. The van der Waals surface area contributed by atoms with Crippen molar-refractivity contribution in [3.05, 3.63) is 132 Å². The van der Waals surface area contributed by atoms with E-state index in [9.17, 15) is 9.59 Å². The Hall–Kier alpha value is -4.89. The number of nitrogens with zero attached hydrogens (tertiary/aromatic N) is 5. The fourth-order valence-electron chi connectivity index (χ4n) is 5.09. The van der Waals surface area contributed by atoms with Crippen LogP contribution in [0.25, 0.3) is 28.0 Å². The quantitative estimate of drug-likeness (QED) is 0.316. The highest BCUT2D eigenvalue weighted by molar-refractivity contribution is 7.15. The van der Waals surface area contributed by atoms with Crippen molar-refractivity contribution in [1.29, 1.82) is 0 Å². The van der Waals surface area contributed by atoms with E-state index in [2.05, 4.69) is 23.1 Å². The number of thiazole rings is 1. The lowest BCUT2D eigenvalue weighted by atomic mass is 10.0. The van der Waals surface area contributed by atoms with Crippen molar-refractivity contribution in [2.45, 2.75) is 32.8 Å². The second-order valence-electron chi connectivity index (χ2n) is 10.3. The van der Waals surface area contributed by atoms with Crippen LogP contribution in [0.4, 0.5) is 0 Å². The molecule has 0 radical (unpaired) electrons. The van der Waals surface area contributed by atoms with Crippen LogP contribution in [0, 0.1) is 6.92 Å². The maximum Gasteiger partial charge on any atom is 0.296 e. The van der Waals surface area contributed by atoms with Crippen LogP contribution in [0.3, 0.4) is 0 Å². The third-order valence-electron chi connectivity index (χ3n) is 7.16. The summed E-state index contributed by atoms with van der Waals surface area (Å²) in [5, 5.41) is 9.33. The Morgan fingerprint density at radius 3 is 2.63 bits per heavy atom. The fourth-order valence-corrected chi connectivity index (χ4v) is 5.99. The lowest BCUT2D eigenvalue weighted by molar-refractivity contribution is 0.254. The summed E-state index contributed by atoms with van der Waals surface area (Å²) in [6.07, 6.45) is 4.99. The first-order valence-corrected chi connectivity index (χ1v) is 14.2. The van der Waals surface area contributed by atoms with Gasteiger partial charge in [0.1, 0.15) is 23.2 Å². The van der Waals surface area contributed by atoms with Gasteiger partial charge in [0, 0.05) is 30.2 Å². The van der Waals surface area contributed by atoms with Crippen LogP contribution in [0.15, 0.2) is 88.6 Å². The molecule has 0 bridgehead atoms. The molecule has 7 rings (SSSR count). The summed E-state index contributed by atoms with van der Waals surface area (Å²) in [6, 6.07) is 23.8. The number of rotatable bonds is 5. The van der Waals surface area contributed by atoms with Crippen LogP contribution in [0.1, 0.15) is 34.9 Å². The van der Waals surface area contributed by atoms with Crippen molar-refractivity contribution < 1.29 is 4.74 Å². The van der Waals surface area contributed by atoms with E-state index in [-0.39, 0.29) is 22.3 Å². The Kier molecular flexibility index (Phi) is 6.09. The van der Waals surface area contributed by atoms with E-state index in [0.29, 0.717) is 11.0 Å². The number of aryl methyl sites for hydroxylation is 1. The number of para-hydroxylation sites is 1. The maximum absolute atomic E-state index is 13.5. The largest absolute Gasteiger partial charge is 0.490 e. The number of hydrogen-bond acceptors (Lipinski definition) is 7. The summed E-state index contributed by atoms with van der Waals surface area (Å²) in [7, 11) is 0. The topological polar surface area (TPSA) is 91.4 Å². The van der Waals surface area contributed by atoms with E-state index in [0.717, 1.165) is 62.7 Å². The highest BCUT2D eigenvalue weighted by Gasteiger charge is 2.21. The van der Waals surface area contributed by atoms with Gasteiger partial charge >= 0.3 is 0 Å². The van der Waals surface area contributed by atoms with Crippen molar-refractivity contribution in [2.24, 2.45) is 0 Å². The minimum absolute atomic E-state index is 0.133. The van der Waals surface area contributed by atoms with Crippen molar-refractivity contribution in [3.8, 4) is 22.7 Å². The van der Waals surface area contributed by atoms with Crippen LogP contribution in [-0.4, -0.2) is 30.5 Å². The van der Waals surface area contributed by atoms with Crippen molar-refractivity contribution in [3.63, 3.8) is 0 Å². The molecule has 8 nitrogen and oxygen atoms in total. The normalized spacial score (nSPS) is 14.9. The lowest BCUT2D eigenvalue weighted by Gasteiger charge is -2.04. The van der Waals surface area contributed by atoms with Crippen LogP contribution >= 0.6 is 11.3 Å². The van der Waals surface area contributed by atoms with E-state index in [1.165, 1.54) is 4.52 Å². The minimum Gasteiger partial charge on any atom is -0.490 e. The average molecular weight is 560 g/mol. The molecule has 4 heterocycles. The van der Waals surface area contributed by atoms with Gasteiger partial charge in [-0.15, -0.1) is 0 Å².